The SMILES string of the molecule is CN=C(NCCCOc1cccc(OC)c1)NCC(C)C.I. The number of ether oxygens (including phenoxy) is 2. The first-order valence-corrected chi connectivity index (χ1v) is 7.37. The van der Waals surface area contributed by atoms with Gasteiger partial charge < -0.3 is 20.1 Å². The molecule has 0 saturated carbocycles. The quantitative estimate of drug-likeness (QED) is 0.293. The van der Waals surface area contributed by atoms with Crippen LogP contribution in [0, 0.1) is 5.92 Å². The molecule has 6 heteroatoms. The number of methoxy groups -OCH3 is 1. The Balaban J connectivity index is 0.00000441. The van der Waals surface area contributed by atoms with Crippen LogP contribution in [0.25, 0.3) is 0 Å². The van der Waals surface area contributed by atoms with Gasteiger partial charge in [0.05, 0.1) is 13.7 Å². The average molecular weight is 421 g/mol. The Kier molecular flexibility index (Phi) is 11.7. The maximum atomic E-state index is 5.68. The molecule has 0 heterocycles. The van der Waals surface area contributed by atoms with Gasteiger partial charge in [0.25, 0.3) is 0 Å². The molecule has 0 fully saturated rings. The van der Waals surface area contributed by atoms with Gasteiger partial charge in [0.2, 0.25) is 0 Å². The highest BCUT2D eigenvalue weighted by molar-refractivity contribution is 14.0. The molecule has 0 unspecified atom stereocenters. The predicted molar refractivity (Wildman–Crippen MR) is 103 cm³/mol. The fourth-order valence-corrected chi connectivity index (χ4v) is 1.68. The van der Waals surface area contributed by atoms with Gasteiger partial charge in [0, 0.05) is 26.2 Å². The van der Waals surface area contributed by atoms with Crippen LogP contribution in [0.2, 0.25) is 0 Å². The summed E-state index contributed by atoms with van der Waals surface area (Å²) in [5.74, 6) is 3.07. The number of aliphatic imine (C=N–C) groups is 1. The smallest absolute Gasteiger partial charge is 0.190 e. The normalized spacial score (nSPS) is 10.9. The summed E-state index contributed by atoms with van der Waals surface area (Å²) in [5, 5.41) is 6.54. The van der Waals surface area contributed by atoms with Gasteiger partial charge in [-0.3, -0.25) is 4.99 Å². The van der Waals surface area contributed by atoms with Crippen LogP contribution in [-0.2, 0) is 0 Å². The number of benzene rings is 1. The summed E-state index contributed by atoms with van der Waals surface area (Å²) in [6.07, 6.45) is 0.902. The first-order valence-electron chi connectivity index (χ1n) is 7.37. The molecule has 0 radical (unpaired) electrons. The van der Waals surface area contributed by atoms with E-state index in [1.165, 1.54) is 0 Å². The second kappa shape index (κ2) is 12.4. The molecule has 0 spiro atoms. The lowest BCUT2D eigenvalue weighted by Gasteiger charge is -2.13. The van der Waals surface area contributed by atoms with Crippen molar-refractivity contribution in [1.29, 1.82) is 0 Å². The number of nitrogens with one attached hydrogen (secondary N) is 2. The monoisotopic (exact) mass is 421 g/mol. The van der Waals surface area contributed by atoms with Crippen LogP contribution in [0.4, 0.5) is 0 Å². The molecule has 0 aliphatic rings. The van der Waals surface area contributed by atoms with Crippen molar-refractivity contribution in [3.05, 3.63) is 24.3 Å². The van der Waals surface area contributed by atoms with Crippen LogP contribution in [-0.4, -0.2) is 39.8 Å². The summed E-state index contributed by atoms with van der Waals surface area (Å²) >= 11 is 0. The minimum Gasteiger partial charge on any atom is -0.497 e. The van der Waals surface area contributed by atoms with Crippen LogP contribution in [0.5, 0.6) is 11.5 Å². The Labute approximate surface area is 150 Å². The van der Waals surface area contributed by atoms with Crippen molar-refractivity contribution in [3.63, 3.8) is 0 Å². The average Bonchev–Trinajstić information content (AvgIpc) is 2.50. The maximum Gasteiger partial charge on any atom is 0.190 e. The molecule has 0 saturated heterocycles. The van der Waals surface area contributed by atoms with Crippen molar-refractivity contribution < 1.29 is 9.47 Å². The summed E-state index contributed by atoms with van der Waals surface area (Å²) < 4.78 is 10.8. The third-order valence-corrected chi connectivity index (χ3v) is 2.82. The van der Waals surface area contributed by atoms with Gasteiger partial charge in [-0.25, -0.2) is 0 Å². The summed E-state index contributed by atoms with van der Waals surface area (Å²) in [6.45, 7) is 6.73. The lowest BCUT2D eigenvalue weighted by molar-refractivity contribution is 0.308. The predicted octanol–water partition coefficient (Wildman–Crippen LogP) is 2.90. The first kappa shape index (κ1) is 20.8. The first-order chi connectivity index (χ1) is 10.2. The Bertz CT molecular complexity index is 439. The molecule has 0 amide bonds. The van der Waals surface area contributed by atoms with Crippen LogP contribution in [0.1, 0.15) is 20.3 Å². The topological polar surface area (TPSA) is 54.9 Å². The van der Waals surface area contributed by atoms with E-state index in [1.807, 2.05) is 24.3 Å². The van der Waals surface area contributed by atoms with Crippen molar-refractivity contribution in [2.24, 2.45) is 10.9 Å². The lowest BCUT2D eigenvalue weighted by atomic mass is 10.2. The molecule has 1 aromatic carbocycles. The third kappa shape index (κ3) is 8.96. The standard InChI is InChI=1S/C16H27N3O2.HI/c1-13(2)12-19-16(17-3)18-9-6-10-21-15-8-5-7-14(11-15)20-4;/h5,7-8,11,13H,6,9-10,12H2,1-4H3,(H2,17,18,19);1H. The molecule has 1 rings (SSSR count). The highest BCUT2D eigenvalue weighted by Gasteiger charge is 1.99. The summed E-state index contributed by atoms with van der Waals surface area (Å²) in [6, 6.07) is 7.64. The Hall–Kier alpha value is -1.18. The van der Waals surface area contributed by atoms with Crippen molar-refractivity contribution in [2.45, 2.75) is 20.3 Å². The molecule has 0 aromatic heterocycles. The Morgan fingerprint density at radius 1 is 1.23 bits per heavy atom. The second-order valence-corrected chi connectivity index (χ2v) is 5.15. The zero-order chi connectivity index (χ0) is 15.5. The van der Waals surface area contributed by atoms with Crippen LogP contribution in [0.15, 0.2) is 29.3 Å². The van der Waals surface area contributed by atoms with E-state index in [4.69, 9.17) is 9.47 Å². The fourth-order valence-electron chi connectivity index (χ4n) is 1.68. The van der Waals surface area contributed by atoms with Crippen LogP contribution >= 0.6 is 24.0 Å². The van der Waals surface area contributed by atoms with E-state index in [0.717, 1.165) is 37.0 Å². The molecule has 0 aliphatic carbocycles. The van der Waals surface area contributed by atoms with Gasteiger partial charge in [-0.1, -0.05) is 19.9 Å². The van der Waals surface area contributed by atoms with E-state index in [0.29, 0.717) is 12.5 Å². The number of halogens is 1. The van der Waals surface area contributed by atoms with E-state index < -0.39 is 0 Å². The minimum absolute atomic E-state index is 0. The molecule has 22 heavy (non-hydrogen) atoms. The third-order valence-electron chi connectivity index (χ3n) is 2.82. The lowest BCUT2D eigenvalue weighted by Crippen LogP contribution is -2.39. The number of rotatable bonds is 8. The molecule has 0 aliphatic heterocycles. The minimum atomic E-state index is 0. The second-order valence-electron chi connectivity index (χ2n) is 5.15. The molecule has 0 atom stereocenters. The molecule has 2 N–H and O–H groups in total. The summed E-state index contributed by atoms with van der Waals surface area (Å²) in [7, 11) is 3.43. The molecule has 1 aromatic rings. The van der Waals surface area contributed by atoms with E-state index >= 15 is 0 Å². The van der Waals surface area contributed by atoms with Crippen molar-refractivity contribution >= 4 is 29.9 Å². The molecule has 0 bridgehead atoms. The van der Waals surface area contributed by atoms with E-state index in [-0.39, 0.29) is 24.0 Å². The highest BCUT2D eigenvalue weighted by atomic mass is 127. The number of nitrogens with zero attached hydrogens (tertiary/aromatic N) is 1. The zero-order valence-electron chi connectivity index (χ0n) is 13.9. The Morgan fingerprint density at radius 2 is 1.95 bits per heavy atom. The zero-order valence-corrected chi connectivity index (χ0v) is 16.2. The summed E-state index contributed by atoms with van der Waals surface area (Å²) in [4.78, 5) is 4.18. The molecular formula is C16H28IN3O2. The van der Waals surface area contributed by atoms with Gasteiger partial charge >= 0.3 is 0 Å². The maximum absolute atomic E-state index is 5.68. The molecule has 126 valence electrons. The van der Waals surface area contributed by atoms with E-state index in [1.54, 1.807) is 14.2 Å². The van der Waals surface area contributed by atoms with Crippen molar-refractivity contribution in [1.82, 2.24) is 10.6 Å². The van der Waals surface area contributed by atoms with Gasteiger partial charge in [0.1, 0.15) is 11.5 Å². The number of hydrogen-bond donors (Lipinski definition) is 2. The van der Waals surface area contributed by atoms with Gasteiger partial charge in [-0.15, -0.1) is 24.0 Å². The number of hydrogen-bond acceptors (Lipinski definition) is 3. The largest absolute Gasteiger partial charge is 0.497 e. The van der Waals surface area contributed by atoms with E-state index in [9.17, 15) is 0 Å². The van der Waals surface area contributed by atoms with E-state index in [2.05, 4.69) is 29.5 Å². The molecule has 5 nitrogen and oxygen atoms in total. The van der Waals surface area contributed by atoms with Crippen LogP contribution < -0.4 is 20.1 Å². The molecular weight excluding hydrogens is 393 g/mol. The number of guanidine groups is 1. The highest BCUT2D eigenvalue weighted by Crippen LogP contribution is 2.18. The van der Waals surface area contributed by atoms with Gasteiger partial charge in [-0.2, -0.15) is 0 Å². The van der Waals surface area contributed by atoms with Crippen molar-refractivity contribution in [3.8, 4) is 11.5 Å². The van der Waals surface area contributed by atoms with Crippen LogP contribution in [0.3, 0.4) is 0 Å². The summed E-state index contributed by atoms with van der Waals surface area (Å²) in [5.41, 5.74) is 0. The van der Waals surface area contributed by atoms with Gasteiger partial charge in [0.15, 0.2) is 5.96 Å². The van der Waals surface area contributed by atoms with Gasteiger partial charge in [-0.05, 0) is 24.5 Å². The van der Waals surface area contributed by atoms with Crippen molar-refractivity contribution in [2.75, 3.05) is 33.9 Å². The Morgan fingerprint density at radius 3 is 2.59 bits per heavy atom. The fraction of sp³-hybridized carbons (Fsp3) is 0.562.